The van der Waals surface area contributed by atoms with Crippen molar-refractivity contribution in [2.45, 2.75) is 23.6 Å². The van der Waals surface area contributed by atoms with E-state index < -0.39 is 0 Å². The highest BCUT2D eigenvalue weighted by Crippen LogP contribution is 2.24. The van der Waals surface area contributed by atoms with E-state index in [1.165, 1.54) is 17.3 Å². The SMILES string of the molecule is C#CCNC(=O)C(C)Sc1cccc(CNC)c1. The standard InChI is InChI=1S/C14H18N2OS/c1-4-8-16-14(17)11(2)18-13-7-5-6-12(9-13)10-15-3/h1,5-7,9,11,15H,8,10H2,2-3H3,(H,16,17). The minimum absolute atomic E-state index is 0.0306. The van der Waals surface area contributed by atoms with Crippen LogP contribution in [0.15, 0.2) is 29.2 Å². The summed E-state index contributed by atoms with van der Waals surface area (Å²) in [5.74, 6) is 2.36. The molecule has 0 fully saturated rings. The zero-order valence-corrected chi connectivity index (χ0v) is 11.5. The fourth-order valence-corrected chi connectivity index (χ4v) is 2.45. The molecule has 1 aromatic carbocycles. The molecular formula is C14H18N2OS. The second kappa shape index (κ2) is 7.80. The van der Waals surface area contributed by atoms with Crippen LogP contribution >= 0.6 is 11.8 Å². The summed E-state index contributed by atoms with van der Waals surface area (Å²) < 4.78 is 0. The summed E-state index contributed by atoms with van der Waals surface area (Å²) >= 11 is 1.53. The van der Waals surface area contributed by atoms with Crippen molar-refractivity contribution in [3.05, 3.63) is 29.8 Å². The molecule has 96 valence electrons. The van der Waals surface area contributed by atoms with Crippen LogP contribution in [0.2, 0.25) is 0 Å². The zero-order chi connectivity index (χ0) is 13.4. The average molecular weight is 262 g/mol. The topological polar surface area (TPSA) is 41.1 Å². The molecule has 0 spiro atoms. The maximum atomic E-state index is 11.7. The second-order valence-corrected chi connectivity index (χ2v) is 5.27. The summed E-state index contributed by atoms with van der Waals surface area (Å²) in [6.45, 7) is 2.98. The molecule has 1 unspecified atom stereocenters. The first kappa shape index (κ1) is 14.6. The first-order valence-electron chi connectivity index (χ1n) is 5.78. The summed E-state index contributed by atoms with van der Waals surface area (Å²) in [6, 6.07) is 8.16. The Morgan fingerprint density at radius 2 is 2.33 bits per heavy atom. The molecule has 0 aliphatic rings. The fourth-order valence-electron chi connectivity index (χ4n) is 1.47. The van der Waals surface area contributed by atoms with Crippen LogP contribution in [0.3, 0.4) is 0 Å². The molecule has 0 aliphatic heterocycles. The number of hydrogen-bond donors (Lipinski definition) is 2. The Balaban J connectivity index is 2.58. The van der Waals surface area contributed by atoms with E-state index in [-0.39, 0.29) is 17.7 Å². The van der Waals surface area contributed by atoms with Gasteiger partial charge in [-0.05, 0) is 31.7 Å². The van der Waals surface area contributed by atoms with Gasteiger partial charge in [-0.25, -0.2) is 0 Å². The van der Waals surface area contributed by atoms with Gasteiger partial charge >= 0.3 is 0 Å². The van der Waals surface area contributed by atoms with Crippen LogP contribution in [0.1, 0.15) is 12.5 Å². The first-order valence-corrected chi connectivity index (χ1v) is 6.66. The number of nitrogens with one attached hydrogen (secondary N) is 2. The molecule has 18 heavy (non-hydrogen) atoms. The predicted molar refractivity (Wildman–Crippen MR) is 76.4 cm³/mol. The molecule has 1 atom stereocenters. The van der Waals surface area contributed by atoms with Gasteiger partial charge in [0, 0.05) is 11.4 Å². The average Bonchev–Trinajstić information content (AvgIpc) is 2.36. The van der Waals surface area contributed by atoms with Crippen molar-refractivity contribution in [3.8, 4) is 12.3 Å². The van der Waals surface area contributed by atoms with Crippen LogP contribution in [-0.4, -0.2) is 24.7 Å². The Kier molecular flexibility index (Phi) is 6.34. The molecule has 0 saturated heterocycles. The fraction of sp³-hybridized carbons (Fsp3) is 0.357. The van der Waals surface area contributed by atoms with Crippen molar-refractivity contribution < 1.29 is 4.79 Å². The van der Waals surface area contributed by atoms with Crippen molar-refractivity contribution in [1.29, 1.82) is 0 Å². The van der Waals surface area contributed by atoms with Crippen LogP contribution in [0.25, 0.3) is 0 Å². The third kappa shape index (κ3) is 4.82. The van der Waals surface area contributed by atoms with Gasteiger partial charge in [-0.15, -0.1) is 18.2 Å². The Morgan fingerprint density at radius 3 is 3.00 bits per heavy atom. The summed E-state index contributed by atoms with van der Waals surface area (Å²) in [6.07, 6.45) is 5.10. The number of carbonyl (C=O) groups excluding carboxylic acids is 1. The summed E-state index contributed by atoms with van der Waals surface area (Å²) in [5, 5.41) is 5.64. The maximum Gasteiger partial charge on any atom is 0.233 e. The lowest BCUT2D eigenvalue weighted by atomic mass is 10.2. The highest BCUT2D eigenvalue weighted by Gasteiger charge is 2.13. The Labute approximate surface area is 113 Å². The molecule has 0 aromatic heterocycles. The van der Waals surface area contributed by atoms with Crippen LogP contribution in [0, 0.1) is 12.3 Å². The van der Waals surface area contributed by atoms with Crippen molar-refractivity contribution in [2.24, 2.45) is 0 Å². The molecule has 2 N–H and O–H groups in total. The normalized spacial score (nSPS) is 11.6. The summed E-state index contributed by atoms with van der Waals surface area (Å²) in [5.41, 5.74) is 1.21. The van der Waals surface area contributed by atoms with Gasteiger partial charge in [-0.1, -0.05) is 18.1 Å². The van der Waals surface area contributed by atoms with Crippen molar-refractivity contribution >= 4 is 17.7 Å². The predicted octanol–water partition coefficient (Wildman–Crippen LogP) is 1.64. The van der Waals surface area contributed by atoms with Gasteiger partial charge < -0.3 is 10.6 Å². The molecule has 0 saturated carbocycles. The van der Waals surface area contributed by atoms with E-state index in [1.807, 2.05) is 26.1 Å². The van der Waals surface area contributed by atoms with Gasteiger partial charge in [0.15, 0.2) is 0 Å². The van der Waals surface area contributed by atoms with E-state index in [0.29, 0.717) is 0 Å². The molecule has 0 bridgehead atoms. The molecule has 4 heteroatoms. The number of thioether (sulfide) groups is 1. The minimum atomic E-state index is -0.150. The largest absolute Gasteiger partial charge is 0.344 e. The highest BCUT2D eigenvalue weighted by molar-refractivity contribution is 8.00. The van der Waals surface area contributed by atoms with Crippen LogP contribution in [-0.2, 0) is 11.3 Å². The van der Waals surface area contributed by atoms with E-state index in [0.717, 1.165) is 11.4 Å². The van der Waals surface area contributed by atoms with Gasteiger partial charge in [0.1, 0.15) is 0 Å². The quantitative estimate of drug-likeness (QED) is 0.605. The Morgan fingerprint density at radius 1 is 1.56 bits per heavy atom. The lowest BCUT2D eigenvalue weighted by Gasteiger charge is -2.11. The van der Waals surface area contributed by atoms with Gasteiger partial charge in [0.2, 0.25) is 5.91 Å². The third-order valence-corrected chi connectivity index (χ3v) is 3.42. The number of hydrogen-bond acceptors (Lipinski definition) is 3. The third-order valence-electron chi connectivity index (χ3n) is 2.33. The molecule has 1 aromatic rings. The van der Waals surface area contributed by atoms with E-state index >= 15 is 0 Å². The Bertz CT molecular complexity index is 440. The number of terminal acetylenes is 1. The van der Waals surface area contributed by atoms with Crippen LogP contribution in [0.4, 0.5) is 0 Å². The van der Waals surface area contributed by atoms with E-state index in [2.05, 4.69) is 28.7 Å². The molecule has 0 radical (unpaired) electrons. The van der Waals surface area contributed by atoms with E-state index in [4.69, 9.17) is 6.42 Å². The summed E-state index contributed by atoms with van der Waals surface area (Å²) in [7, 11) is 1.91. The van der Waals surface area contributed by atoms with Crippen LogP contribution in [0.5, 0.6) is 0 Å². The number of amides is 1. The maximum absolute atomic E-state index is 11.7. The number of benzene rings is 1. The van der Waals surface area contributed by atoms with Gasteiger partial charge in [-0.2, -0.15) is 0 Å². The molecule has 1 amide bonds. The smallest absolute Gasteiger partial charge is 0.233 e. The number of carbonyl (C=O) groups is 1. The van der Waals surface area contributed by atoms with Gasteiger partial charge in [0.25, 0.3) is 0 Å². The van der Waals surface area contributed by atoms with E-state index in [1.54, 1.807) is 0 Å². The minimum Gasteiger partial charge on any atom is -0.344 e. The Hall–Kier alpha value is -1.44. The number of rotatable bonds is 6. The van der Waals surface area contributed by atoms with Gasteiger partial charge in [0.05, 0.1) is 11.8 Å². The van der Waals surface area contributed by atoms with Crippen molar-refractivity contribution in [2.75, 3.05) is 13.6 Å². The monoisotopic (exact) mass is 262 g/mol. The van der Waals surface area contributed by atoms with Crippen molar-refractivity contribution in [3.63, 3.8) is 0 Å². The summed E-state index contributed by atoms with van der Waals surface area (Å²) in [4.78, 5) is 12.8. The van der Waals surface area contributed by atoms with E-state index in [9.17, 15) is 4.79 Å². The molecule has 1 rings (SSSR count). The zero-order valence-electron chi connectivity index (χ0n) is 10.7. The van der Waals surface area contributed by atoms with Crippen molar-refractivity contribution in [1.82, 2.24) is 10.6 Å². The highest BCUT2D eigenvalue weighted by atomic mass is 32.2. The molecule has 0 aliphatic carbocycles. The molecule has 0 heterocycles. The first-order chi connectivity index (χ1) is 8.67. The lowest BCUT2D eigenvalue weighted by molar-refractivity contribution is -0.120. The van der Waals surface area contributed by atoms with Crippen LogP contribution < -0.4 is 10.6 Å². The molecular weight excluding hydrogens is 244 g/mol. The second-order valence-electron chi connectivity index (χ2n) is 3.86. The van der Waals surface area contributed by atoms with Gasteiger partial charge in [-0.3, -0.25) is 4.79 Å². The lowest BCUT2D eigenvalue weighted by Crippen LogP contribution is -2.31. The molecule has 3 nitrogen and oxygen atoms in total.